The fraction of sp³-hybridized carbons (Fsp3) is 0.636. The van der Waals surface area contributed by atoms with Crippen LogP contribution in [0.4, 0.5) is 5.69 Å². The van der Waals surface area contributed by atoms with E-state index in [-0.39, 0.29) is 18.5 Å². The summed E-state index contributed by atoms with van der Waals surface area (Å²) in [6, 6.07) is 7.83. The summed E-state index contributed by atoms with van der Waals surface area (Å²) in [7, 11) is 0. The number of amides is 1. The molecule has 0 radical (unpaired) electrons. The highest BCUT2D eigenvalue weighted by atomic mass is 16.5. The molecule has 3 aliphatic rings. The largest absolute Gasteiger partial charge is 0.456 e. The number of fused-ring (bicyclic) bond motifs is 2. The molecule has 1 aliphatic heterocycles. The van der Waals surface area contributed by atoms with Gasteiger partial charge >= 0.3 is 5.97 Å². The van der Waals surface area contributed by atoms with E-state index in [1.54, 1.807) is 0 Å². The predicted octanol–water partition coefficient (Wildman–Crippen LogP) is 2.83. The van der Waals surface area contributed by atoms with Crippen LogP contribution in [0.5, 0.6) is 0 Å². The number of ether oxygens (including phenoxy) is 2. The Morgan fingerprint density at radius 3 is 2.57 bits per heavy atom. The molecule has 6 nitrogen and oxygen atoms in total. The second kappa shape index (κ2) is 9.05. The maximum Gasteiger partial charge on any atom is 0.306 e. The predicted molar refractivity (Wildman–Crippen MR) is 106 cm³/mol. The minimum Gasteiger partial charge on any atom is -0.456 e. The van der Waals surface area contributed by atoms with Gasteiger partial charge in [-0.25, -0.2) is 0 Å². The first kappa shape index (κ1) is 19.4. The monoisotopic (exact) mass is 386 g/mol. The van der Waals surface area contributed by atoms with Gasteiger partial charge in [0.15, 0.2) is 6.61 Å². The number of nitrogens with zero attached hydrogens (tertiary/aromatic N) is 1. The third kappa shape index (κ3) is 5.11. The molecule has 1 amide bonds. The number of hydrogen-bond donors (Lipinski definition) is 1. The first-order chi connectivity index (χ1) is 13.7. The Labute approximate surface area is 166 Å². The van der Waals surface area contributed by atoms with Gasteiger partial charge in [-0.05, 0) is 54.7 Å². The highest BCUT2D eigenvalue weighted by Gasteiger charge is 2.40. The molecule has 2 saturated carbocycles. The van der Waals surface area contributed by atoms with E-state index >= 15 is 0 Å². The van der Waals surface area contributed by atoms with Crippen molar-refractivity contribution in [2.45, 2.75) is 38.6 Å². The van der Waals surface area contributed by atoms with Crippen LogP contribution in [0.3, 0.4) is 0 Å². The van der Waals surface area contributed by atoms with E-state index in [0.717, 1.165) is 50.9 Å². The van der Waals surface area contributed by atoms with Crippen molar-refractivity contribution in [2.75, 3.05) is 38.2 Å². The van der Waals surface area contributed by atoms with Crippen molar-refractivity contribution in [1.29, 1.82) is 0 Å². The van der Waals surface area contributed by atoms with Gasteiger partial charge in [0, 0.05) is 31.7 Å². The van der Waals surface area contributed by atoms with Gasteiger partial charge in [-0.2, -0.15) is 0 Å². The molecule has 0 spiro atoms. The summed E-state index contributed by atoms with van der Waals surface area (Å²) >= 11 is 0. The highest BCUT2D eigenvalue weighted by molar-refractivity contribution is 5.92. The van der Waals surface area contributed by atoms with Crippen LogP contribution in [-0.2, 0) is 25.6 Å². The van der Waals surface area contributed by atoms with Gasteiger partial charge in [0.05, 0.1) is 13.2 Å². The van der Waals surface area contributed by atoms with Crippen LogP contribution in [0.1, 0.15) is 37.7 Å². The molecule has 0 aromatic heterocycles. The zero-order chi connectivity index (χ0) is 19.3. The zero-order valence-electron chi connectivity index (χ0n) is 16.4. The Morgan fingerprint density at radius 1 is 1.11 bits per heavy atom. The summed E-state index contributed by atoms with van der Waals surface area (Å²) in [5.74, 6) is 1.45. The lowest BCUT2D eigenvalue weighted by Crippen LogP contribution is -2.35. The number of carbonyl (C=O) groups is 2. The van der Waals surface area contributed by atoms with Crippen LogP contribution in [0.2, 0.25) is 0 Å². The number of hydrogen-bond acceptors (Lipinski definition) is 5. The second-order valence-corrected chi connectivity index (χ2v) is 8.43. The fourth-order valence-corrected chi connectivity index (χ4v) is 4.95. The van der Waals surface area contributed by atoms with Crippen LogP contribution in [0, 0.1) is 17.8 Å². The van der Waals surface area contributed by atoms with Gasteiger partial charge in [0.25, 0.3) is 5.91 Å². The molecule has 4 rings (SSSR count). The van der Waals surface area contributed by atoms with Gasteiger partial charge in [0.1, 0.15) is 0 Å². The lowest BCUT2D eigenvalue weighted by Gasteiger charge is -2.26. The average molecular weight is 386 g/mol. The van der Waals surface area contributed by atoms with Crippen LogP contribution >= 0.6 is 0 Å². The van der Waals surface area contributed by atoms with Crippen molar-refractivity contribution >= 4 is 17.6 Å². The second-order valence-electron chi connectivity index (χ2n) is 8.43. The molecule has 1 heterocycles. The number of carbonyl (C=O) groups excluding carboxylic acids is 2. The van der Waals surface area contributed by atoms with E-state index in [1.165, 1.54) is 24.8 Å². The topological polar surface area (TPSA) is 67.9 Å². The fourth-order valence-electron chi connectivity index (χ4n) is 4.95. The number of anilines is 1. The summed E-state index contributed by atoms with van der Waals surface area (Å²) < 4.78 is 10.6. The molecular formula is C22H30N2O4. The number of nitrogens with one attached hydrogen (secondary N) is 1. The lowest BCUT2D eigenvalue weighted by atomic mass is 9.86. The van der Waals surface area contributed by atoms with Crippen LogP contribution in [0.15, 0.2) is 24.3 Å². The van der Waals surface area contributed by atoms with Crippen molar-refractivity contribution in [2.24, 2.45) is 17.8 Å². The zero-order valence-corrected chi connectivity index (χ0v) is 16.4. The molecule has 28 heavy (non-hydrogen) atoms. The Morgan fingerprint density at radius 2 is 1.89 bits per heavy atom. The van der Waals surface area contributed by atoms with Crippen molar-refractivity contribution in [1.82, 2.24) is 4.90 Å². The van der Waals surface area contributed by atoms with Crippen molar-refractivity contribution in [3.8, 4) is 0 Å². The molecular weight excluding hydrogens is 356 g/mol. The molecule has 3 atom stereocenters. The molecule has 1 aromatic rings. The van der Waals surface area contributed by atoms with Crippen molar-refractivity contribution < 1.29 is 19.1 Å². The van der Waals surface area contributed by atoms with E-state index in [1.807, 2.05) is 24.3 Å². The SMILES string of the molecule is O=C(COC(=O)CC1CC2CCC1C2)Nc1ccc(CN2CCOCC2)cc1. The Hall–Kier alpha value is -1.92. The quantitative estimate of drug-likeness (QED) is 0.730. The number of rotatable bonds is 7. The first-order valence-corrected chi connectivity index (χ1v) is 10.5. The molecule has 1 aromatic carbocycles. The normalized spacial score (nSPS) is 26.9. The van der Waals surface area contributed by atoms with Gasteiger partial charge in [-0.3, -0.25) is 14.5 Å². The van der Waals surface area contributed by atoms with E-state index in [2.05, 4.69) is 10.2 Å². The molecule has 3 unspecified atom stereocenters. The van der Waals surface area contributed by atoms with Crippen LogP contribution in [-0.4, -0.2) is 49.7 Å². The van der Waals surface area contributed by atoms with E-state index in [9.17, 15) is 9.59 Å². The van der Waals surface area contributed by atoms with E-state index in [0.29, 0.717) is 18.3 Å². The van der Waals surface area contributed by atoms with E-state index in [4.69, 9.17) is 9.47 Å². The summed E-state index contributed by atoms with van der Waals surface area (Å²) in [6.45, 7) is 4.15. The minimum atomic E-state index is -0.290. The third-order valence-electron chi connectivity index (χ3n) is 6.43. The van der Waals surface area contributed by atoms with Gasteiger partial charge in [-0.1, -0.05) is 18.6 Å². The molecule has 1 saturated heterocycles. The summed E-state index contributed by atoms with van der Waals surface area (Å²) in [4.78, 5) is 26.5. The van der Waals surface area contributed by atoms with Crippen LogP contribution in [0.25, 0.3) is 0 Å². The molecule has 2 bridgehead atoms. The van der Waals surface area contributed by atoms with E-state index < -0.39 is 0 Å². The van der Waals surface area contributed by atoms with Crippen molar-refractivity contribution in [3.05, 3.63) is 29.8 Å². The van der Waals surface area contributed by atoms with Gasteiger partial charge in [-0.15, -0.1) is 0 Å². The Bertz CT molecular complexity index is 684. The lowest BCUT2D eigenvalue weighted by molar-refractivity contribution is -0.148. The average Bonchev–Trinajstić information content (AvgIpc) is 3.32. The maximum atomic E-state index is 12.1. The first-order valence-electron chi connectivity index (χ1n) is 10.5. The maximum absolute atomic E-state index is 12.1. The number of esters is 1. The summed E-state index contributed by atoms with van der Waals surface area (Å²) in [5, 5.41) is 2.80. The molecule has 3 fully saturated rings. The van der Waals surface area contributed by atoms with Gasteiger partial charge < -0.3 is 14.8 Å². The van der Waals surface area contributed by atoms with Crippen molar-refractivity contribution in [3.63, 3.8) is 0 Å². The number of benzene rings is 1. The molecule has 2 aliphatic carbocycles. The minimum absolute atomic E-state index is 0.213. The smallest absolute Gasteiger partial charge is 0.306 e. The highest BCUT2D eigenvalue weighted by Crippen LogP contribution is 2.49. The standard InChI is InChI=1S/C22H30N2O4/c25-21(15-28-22(26)13-19-12-17-1-4-18(19)11-17)23-20-5-2-16(3-6-20)14-24-7-9-27-10-8-24/h2-3,5-6,17-19H,1,4,7-15H2,(H,23,25). The van der Waals surface area contributed by atoms with Gasteiger partial charge in [0.2, 0.25) is 0 Å². The Balaban J connectivity index is 1.16. The van der Waals surface area contributed by atoms with Crippen LogP contribution < -0.4 is 5.32 Å². The molecule has 6 heteroatoms. The summed E-state index contributed by atoms with van der Waals surface area (Å²) in [5.41, 5.74) is 1.93. The number of morpholine rings is 1. The Kier molecular flexibility index (Phi) is 6.27. The molecule has 152 valence electrons. The summed E-state index contributed by atoms with van der Waals surface area (Å²) in [6.07, 6.45) is 5.47. The third-order valence-corrected chi connectivity index (χ3v) is 6.43. The molecule has 1 N–H and O–H groups in total.